The van der Waals surface area contributed by atoms with Crippen LogP contribution in [0.25, 0.3) is 11.2 Å². The quantitative estimate of drug-likeness (QED) is 0.237. The minimum absolute atomic E-state index is 0.0243. The molecule has 1 aliphatic rings. The number of aliphatic hydroxyl groups is 1. The molecule has 5 atom stereocenters. The van der Waals surface area contributed by atoms with E-state index in [0.29, 0.717) is 0 Å². The lowest BCUT2D eigenvalue weighted by atomic mass is 10.1. The zero-order chi connectivity index (χ0) is 27.2. The number of H-pyrrole nitrogens is 1. The molecule has 0 saturated carbocycles. The van der Waals surface area contributed by atoms with Crippen LogP contribution >= 0.6 is 7.75 Å². The Kier molecular flexibility index (Phi) is 7.99. The lowest BCUT2D eigenvalue weighted by molar-refractivity contribution is -0.118. The molecule has 3 rings (SSSR count). The van der Waals surface area contributed by atoms with Crippen molar-refractivity contribution in [3.8, 4) is 0 Å². The van der Waals surface area contributed by atoms with Crippen LogP contribution in [0.15, 0.2) is 11.1 Å². The van der Waals surface area contributed by atoms with Gasteiger partial charge < -0.3 is 19.2 Å². The average molecular weight is 547 g/mol. The highest BCUT2D eigenvalue weighted by Crippen LogP contribution is 2.46. The molecule has 0 bridgehead atoms. The van der Waals surface area contributed by atoms with Crippen LogP contribution in [0.1, 0.15) is 40.8 Å². The van der Waals surface area contributed by atoms with E-state index in [1.807, 2.05) is 33.9 Å². The molecular formula is C20H35N6O8PSi. The number of aromatic amines is 1. The molecule has 3 heterocycles. The maximum atomic E-state index is 12.7. The number of hydrogen-bond acceptors (Lipinski definition) is 9. The smallest absolute Gasteiger partial charge is 0.400 e. The molecule has 16 heteroatoms. The molecule has 6 N–H and O–H groups in total. The van der Waals surface area contributed by atoms with Gasteiger partial charge in [0.25, 0.3) is 5.56 Å². The van der Waals surface area contributed by atoms with Gasteiger partial charge in [-0.15, -0.1) is 0 Å². The van der Waals surface area contributed by atoms with Crippen LogP contribution in [-0.2, 0) is 23.0 Å². The first-order valence-corrected chi connectivity index (χ1v) is 16.0. The van der Waals surface area contributed by atoms with E-state index >= 15 is 0 Å². The number of aromatic nitrogens is 4. The van der Waals surface area contributed by atoms with Crippen LogP contribution in [0.4, 0.5) is 5.95 Å². The minimum atomic E-state index is -4.50. The van der Waals surface area contributed by atoms with Gasteiger partial charge in [0.1, 0.15) is 18.3 Å². The summed E-state index contributed by atoms with van der Waals surface area (Å²) < 4.78 is 31.2. The maximum absolute atomic E-state index is 12.7. The lowest BCUT2D eigenvalue weighted by Crippen LogP contribution is -2.49. The van der Waals surface area contributed by atoms with E-state index < -0.39 is 52.8 Å². The number of nitrogens with two attached hydrogens (primary N) is 1. The van der Waals surface area contributed by atoms with Crippen molar-refractivity contribution < 1.29 is 33.0 Å². The second kappa shape index (κ2) is 10.1. The molecule has 1 saturated heterocycles. The first kappa shape index (κ1) is 28.6. The summed E-state index contributed by atoms with van der Waals surface area (Å²) in [5, 5.41) is 12.3. The van der Waals surface area contributed by atoms with Gasteiger partial charge in [-0.2, -0.15) is 4.98 Å². The van der Waals surface area contributed by atoms with Crippen molar-refractivity contribution in [3.63, 3.8) is 0 Å². The number of imidazole rings is 1. The summed E-state index contributed by atoms with van der Waals surface area (Å²) in [7, 11) is -7.04. The SMILES string of the molecule is CC(C)C(=O)Nc1nc2c(ncn2[C@@H]2O[C@@H](CO)[C@@H](OP(N)(=O)O)[C@H]2O[Si](C)(C)C(C)(C)C)c(=O)[nH]1. The molecule has 0 aromatic carbocycles. The highest BCUT2D eigenvalue weighted by Gasteiger charge is 2.53. The van der Waals surface area contributed by atoms with Crippen molar-refractivity contribution in [2.75, 3.05) is 11.9 Å². The molecule has 1 amide bonds. The normalized spacial score (nSPS) is 24.9. The zero-order valence-corrected chi connectivity index (χ0v) is 23.3. The Morgan fingerprint density at radius 2 is 2.03 bits per heavy atom. The van der Waals surface area contributed by atoms with Gasteiger partial charge >= 0.3 is 7.75 Å². The molecule has 0 radical (unpaired) electrons. The number of hydrogen-bond donors (Lipinski definition) is 5. The van der Waals surface area contributed by atoms with Crippen LogP contribution in [-0.4, -0.2) is 68.7 Å². The van der Waals surface area contributed by atoms with Gasteiger partial charge in [-0.05, 0) is 18.1 Å². The highest BCUT2D eigenvalue weighted by molar-refractivity contribution is 7.50. The molecule has 1 aliphatic heterocycles. The van der Waals surface area contributed by atoms with Gasteiger partial charge in [0.2, 0.25) is 11.9 Å². The van der Waals surface area contributed by atoms with Crippen LogP contribution < -0.4 is 16.4 Å². The number of ether oxygens (including phenoxy) is 1. The number of carbonyl (C=O) groups is 1. The molecule has 0 aliphatic carbocycles. The summed E-state index contributed by atoms with van der Waals surface area (Å²) in [4.78, 5) is 45.5. The Hall–Kier alpha value is -1.97. The Balaban J connectivity index is 2.13. The third-order valence-electron chi connectivity index (χ3n) is 6.45. The van der Waals surface area contributed by atoms with Crippen molar-refractivity contribution in [1.29, 1.82) is 0 Å². The first-order chi connectivity index (χ1) is 16.4. The molecule has 1 unspecified atom stereocenters. The summed E-state index contributed by atoms with van der Waals surface area (Å²) in [6.07, 6.45) is -3.05. The number of nitrogens with zero attached hydrogens (tertiary/aromatic N) is 3. The molecule has 36 heavy (non-hydrogen) atoms. The third-order valence-corrected chi connectivity index (χ3v) is 11.5. The molecular weight excluding hydrogens is 511 g/mol. The number of rotatable bonds is 8. The van der Waals surface area contributed by atoms with Crippen LogP contribution in [0, 0.1) is 5.92 Å². The number of carbonyl (C=O) groups excluding carboxylic acids is 1. The van der Waals surface area contributed by atoms with Gasteiger partial charge in [0.05, 0.1) is 12.9 Å². The van der Waals surface area contributed by atoms with Crippen molar-refractivity contribution in [1.82, 2.24) is 19.5 Å². The number of nitrogens with one attached hydrogen (secondary N) is 2. The van der Waals surface area contributed by atoms with Gasteiger partial charge in [0, 0.05) is 5.92 Å². The van der Waals surface area contributed by atoms with E-state index in [2.05, 4.69) is 20.3 Å². The minimum Gasteiger partial charge on any atom is -0.407 e. The number of fused-ring (bicyclic) bond motifs is 1. The van der Waals surface area contributed by atoms with Gasteiger partial charge in [-0.25, -0.2) is 15.1 Å². The topological polar surface area (TPSA) is 204 Å². The van der Waals surface area contributed by atoms with E-state index in [0.717, 1.165) is 0 Å². The number of amides is 1. The fourth-order valence-electron chi connectivity index (χ4n) is 3.46. The first-order valence-electron chi connectivity index (χ1n) is 11.5. The lowest BCUT2D eigenvalue weighted by Gasteiger charge is -2.40. The molecule has 2 aromatic rings. The Labute approximate surface area is 209 Å². The monoisotopic (exact) mass is 546 g/mol. The van der Waals surface area contributed by atoms with E-state index in [-0.39, 0.29) is 34.0 Å². The van der Waals surface area contributed by atoms with Crippen molar-refractivity contribution in [2.24, 2.45) is 11.4 Å². The van der Waals surface area contributed by atoms with Crippen LogP contribution in [0.2, 0.25) is 18.1 Å². The standard InChI is InChI=1S/C20H35N6O8PSi/c1-10(2)16(28)24-19-23-15-12(17(29)25-19)22-9-26(15)18-14(34-36(6,7)20(3,4)5)13(11(8-27)32-18)33-35(21,30)31/h9-11,13-14,18,27H,8H2,1-7H3,(H3,21,30,31)(H2,23,24,25,28,29)/t11-,13+,14+,18+/m0/s1. The predicted molar refractivity (Wildman–Crippen MR) is 134 cm³/mol. The Bertz CT molecular complexity index is 1220. The molecule has 14 nitrogen and oxygen atoms in total. The summed E-state index contributed by atoms with van der Waals surface area (Å²) in [6.45, 7) is 12.8. The van der Waals surface area contributed by atoms with Crippen molar-refractivity contribution in [2.45, 2.75) is 77.3 Å². The fourth-order valence-corrected chi connectivity index (χ4v) is 5.34. The summed E-state index contributed by atoms with van der Waals surface area (Å²) >= 11 is 0. The van der Waals surface area contributed by atoms with Gasteiger partial charge in [-0.3, -0.25) is 29.0 Å². The number of aliphatic hydroxyl groups excluding tert-OH is 1. The van der Waals surface area contributed by atoms with E-state index in [4.69, 9.17) is 19.2 Å². The second-order valence-corrected chi connectivity index (χ2v) is 16.7. The molecule has 1 fully saturated rings. The predicted octanol–water partition coefficient (Wildman–Crippen LogP) is 1.44. The van der Waals surface area contributed by atoms with Gasteiger partial charge in [0.15, 0.2) is 25.7 Å². The third kappa shape index (κ3) is 5.94. The number of anilines is 1. The molecule has 0 spiro atoms. The van der Waals surface area contributed by atoms with E-state index in [1.165, 1.54) is 10.9 Å². The zero-order valence-electron chi connectivity index (χ0n) is 21.4. The summed E-state index contributed by atoms with van der Waals surface area (Å²) in [6, 6.07) is 0. The Morgan fingerprint density at radius 1 is 1.39 bits per heavy atom. The van der Waals surface area contributed by atoms with Crippen molar-refractivity contribution >= 4 is 39.1 Å². The second-order valence-electron chi connectivity index (χ2n) is 10.6. The van der Waals surface area contributed by atoms with E-state index in [1.54, 1.807) is 13.8 Å². The van der Waals surface area contributed by atoms with Crippen molar-refractivity contribution in [3.05, 3.63) is 16.7 Å². The molecule has 2 aromatic heterocycles. The Morgan fingerprint density at radius 3 is 2.56 bits per heavy atom. The highest BCUT2D eigenvalue weighted by atomic mass is 31.2. The van der Waals surface area contributed by atoms with Crippen LogP contribution in [0.5, 0.6) is 0 Å². The average Bonchev–Trinajstić information content (AvgIpc) is 3.27. The van der Waals surface area contributed by atoms with Gasteiger partial charge in [-0.1, -0.05) is 34.6 Å². The largest absolute Gasteiger partial charge is 0.407 e. The van der Waals surface area contributed by atoms with Crippen LogP contribution in [0.3, 0.4) is 0 Å². The van der Waals surface area contributed by atoms with E-state index in [9.17, 15) is 24.2 Å². The summed E-state index contributed by atoms with van der Waals surface area (Å²) in [5.41, 5.74) is 4.76. The maximum Gasteiger partial charge on any atom is 0.400 e. The fraction of sp³-hybridized carbons (Fsp3) is 0.700. The molecule has 202 valence electrons. The summed E-state index contributed by atoms with van der Waals surface area (Å²) in [5.74, 6) is -0.790.